The lowest BCUT2D eigenvalue weighted by atomic mass is 10.0. The minimum atomic E-state index is 0.946. The van der Waals surface area contributed by atoms with Crippen molar-refractivity contribution in [3.63, 3.8) is 0 Å². The lowest BCUT2D eigenvalue weighted by Gasteiger charge is -2.05. The van der Waals surface area contributed by atoms with E-state index in [4.69, 9.17) is 0 Å². The van der Waals surface area contributed by atoms with Gasteiger partial charge in [0.25, 0.3) is 0 Å². The van der Waals surface area contributed by atoms with Crippen LogP contribution in [0, 0.1) is 6.92 Å². The fourth-order valence-corrected chi connectivity index (χ4v) is 4.91. The molecule has 1 aromatic heterocycles. The molecule has 0 atom stereocenters. The van der Waals surface area contributed by atoms with E-state index < -0.39 is 0 Å². The minimum Gasteiger partial charge on any atom is -0.135 e. The van der Waals surface area contributed by atoms with Crippen molar-refractivity contribution in [1.82, 2.24) is 0 Å². The third-order valence-corrected chi connectivity index (χ3v) is 7.02. The highest BCUT2D eigenvalue weighted by Gasteiger charge is 2.05. The van der Waals surface area contributed by atoms with E-state index in [1.54, 1.807) is 0 Å². The standard InChI is InChI=1S/C32H26S/c1-24-7-9-25(10-8-24)11-12-26-13-15-27(16-14-26)23-28-17-19-30(20-18-28)32-22-21-31(33-32)29-5-3-2-4-6-29/h2-22H,23H2,1H3/b12-11+. The van der Waals surface area contributed by atoms with Gasteiger partial charge >= 0.3 is 0 Å². The maximum Gasteiger partial charge on any atom is 0.0349 e. The fourth-order valence-electron chi connectivity index (χ4n) is 3.89. The average molecular weight is 443 g/mol. The summed E-state index contributed by atoms with van der Waals surface area (Å²) in [4.78, 5) is 2.62. The van der Waals surface area contributed by atoms with Gasteiger partial charge in [0.15, 0.2) is 0 Å². The Kier molecular flexibility index (Phi) is 6.32. The van der Waals surface area contributed by atoms with E-state index in [1.807, 2.05) is 11.3 Å². The summed E-state index contributed by atoms with van der Waals surface area (Å²) in [5, 5.41) is 0. The van der Waals surface area contributed by atoms with Crippen molar-refractivity contribution in [3.05, 3.63) is 143 Å². The van der Waals surface area contributed by atoms with Crippen LogP contribution >= 0.6 is 11.3 Å². The predicted molar refractivity (Wildman–Crippen MR) is 145 cm³/mol. The summed E-state index contributed by atoms with van der Waals surface area (Å²) >= 11 is 1.85. The lowest BCUT2D eigenvalue weighted by Crippen LogP contribution is -1.88. The van der Waals surface area contributed by atoms with Crippen LogP contribution in [0.4, 0.5) is 0 Å². The summed E-state index contributed by atoms with van der Waals surface area (Å²) < 4.78 is 0. The molecule has 0 aliphatic carbocycles. The summed E-state index contributed by atoms with van der Waals surface area (Å²) in [7, 11) is 0. The van der Waals surface area contributed by atoms with Gasteiger partial charge in [0.1, 0.15) is 0 Å². The van der Waals surface area contributed by atoms with Crippen LogP contribution in [-0.4, -0.2) is 0 Å². The van der Waals surface area contributed by atoms with Crippen molar-refractivity contribution in [2.75, 3.05) is 0 Å². The van der Waals surface area contributed by atoms with Gasteiger partial charge in [-0.05, 0) is 58.9 Å². The Hall–Kier alpha value is -3.68. The van der Waals surface area contributed by atoms with Gasteiger partial charge in [-0.2, -0.15) is 0 Å². The van der Waals surface area contributed by atoms with Gasteiger partial charge in [0.2, 0.25) is 0 Å². The molecule has 0 aliphatic rings. The number of aryl methyl sites for hydroxylation is 1. The molecule has 1 heterocycles. The zero-order valence-corrected chi connectivity index (χ0v) is 19.6. The number of hydrogen-bond acceptors (Lipinski definition) is 1. The maximum absolute atomic E-state index is 2.25. The first-order valence-electron chi connectivity index (χ1n) is 11.3. The van der Waals surface area contributed by atoms with E-state index in [2.05, 4.69) is 134 Å². The molecule has 0 saturated heterocycles. The molecule has 33 heavy (non-hydrogen) atoms. The summed E-state index contributed by atoms with van der Waals surface area (Å²) in [5.74, 6) is 0. The van der Waals surface area contributed by atoms with Crippen LogP contribution in [0.5, 0.6) is 0 Å². The van der Waals surface area contributed by atoms with Gasteiger partial charge in [0.05, 0.1) is 0 Å². The largest absolute Gasteiger partial charge is 0.135 e. The predicted octanol–water partition coefficient (Wildman–Crippen LogP) is 9.15. The summed E-state index contributed by atoms with van der Waals surface area (Å²) in [6.07, 6.45) is 5.29. The van der Waals surface area contributed by atoms with Crippen LogP contribution < -0.4 is 0 Å². The van der Waals surface area contributed by atoms with Crippen molar-refractivity contribution in [3.8, 4) is 20.9 Å². The monoisotopic (exact) mass is 442 g/mol. The highest BCUT2D eigenvalue weighted by molar-refractivity contribution is 7.18. The first-order valence-corrected chi connectivity index (χ1v) is 12.1. The molecule has 5 aromatic rings. The molecule has 160 valence electrons. The van der Waals surface area contributed by atoms with Gasteiger partial charge in [-0.3, -0.25) is 0 Å². The van der Waals surface area contributed by atoms with Crippen molar-refractivity contribution >= 4 is 23.5 Å². The third kappa shape index (κ3) is 5.39. The van der Waals surface area contributed by atoms with Crippen molar-refractivity contribution < 1.29 is 0 Å². The van der Waals surface area contributed by atoms with Crippen molar-refractivity contribution in [1.29, 1.82) is 0 Å². The molecule has 0 saturated carbocycles. The summed E-state index contributed by atoms with van der Waals surface area (Å²) in [5.41, 5.74) is 8.97. The van der Waals surface area contributed by atoms with Crippen LogP contribution in [0.1, 0.15) is 27.8 Å². The molecule has 0 N–H and O–H groups in total. The fraction of sp³-hybridized carbons (Fsp3) is 0.0625. The van der Waals surface area contributed by atoms with Crippen molar-refractivity contribution in [2.24, 2.45) is 0 Å². The van der Waals surface area contributed by atoms with Gasteiger partial charge in [-0.25, -0.2) is 0 Å². The molecule has 5 rings (SSSR count). The Morgan fingerprint density at radius 2 is 1.00 bits per heavy atom. The summed E-state index contributed by atoms with van der Waals surface area (Å²) in [6, 6.07) is 41.5. The second kappa shape index (κ2) is 9.85. The average Bonchev–Trinajstić information content (AvgIpc) is 3.36. The van der Waals surface area contributed by atoms with Gasteiger partial charge in [0, 0.05) is 9.75 Å². The van der Waals surface area contributed by atoms with E-state index >= 15 is 0 Å². The van der Waals surface area contributed by atoms with E-state index in [0.717, 1.165) is 6.42 Å². The molecule has 0 amide bonds. The van der Waals surface area contributed by atoms with Crippen LogP contribution in [0.15, 0.2) is 115 Å². The Labute approximate surface area is 200 Å². The van der Waals surface area contributed by atoms with E-state index in [-0.39, 0.29) is 0 Å². The normalized spacial score (nSPS) is 11.2. The molecule has 1 heteroatoms. The molecule has 4 aromatic carbocycles. The van der Waals surface area contributed by atoms with E-state index in [0.29, 0.717) is 0 Å². The zero-order chi connectivity index (χ0) is 22.5. The van der Waals surface area contributed by atoms with E-state index in [1.165, 1.54) is 48.7 Å². The van der Waals surface area contributed by atoms with Crippen LogP contribution in [0.2, 0.25) is 0 Å². The maximum atomic E-state index is 2.25. The Bertz CT molecular complexity index is 1340. The van der Waals surface area contributed by atoms with Gasteiger partial charge < -0.3 is 0 Å². The Balaban J connectivity index is 1.23. The van der Waals surface area contributed by atoms with Crippen LogP contribution in [-0.2, 0) is 6.42 Å². The minimum absolute atomic E-state index is 0.946. The number of hydrogen-bond donors (Lipinski definition) is 0. The third-order valence-electron chi connectivity index (χ3n) is 5.84. The number of rotatable bonds is 6. The highest BCUT2D eigenvalue weighted by Crippen LogP contribution is 2.34. The van der Waals surface area contributed by atoms with Crippen LogP contribution in [0.3, 0.4) is 0 Å². The zero-order valence-electron chi connectivity index (χ0n) is 18.7. The number of thiophene rings is 1. The molecule has 0 aliphatic heterocycles. The number of benzene rings is 4. The molecular formula is C32H26S. The van der Waals surface area contributed by atoms with E-state index in [9.17, 15) is 0 Å². The van der Waals surface area contributed by atoms with Crippen LogP contribution in [0.25, 0.3) is 33.0 Å². The lowest BCUT2D eigenvalue weighted by molar-refractivity contribution is 1.19. The Morgan fingerprint density at radius 1 is 0.515 bits per heavy atom. The molecule has 0 nitrogen and oxygen atoms in total. The van der Waals surface area contributed by atoms with Gasteiger partial charge in [-0.1, -0.05) is 121 Å². The SMILES string of the molecule is Cc1ccc(/C=C/c2ccc(Cc3ccc(-c4ccc(-c5ccccc5)s4)cc3)cc2)cc1. The van der Waals surface area contributed by atoms with Gasteiger partial charge in [-0.15, -0.1) is 11.3 Å². The molecule has 0 unspecified atom stereocenters. The van der Waals surface area contributed by atoms with Crippen molar-refractivity contribution in [2.45, 2.75) is 13.3 Å². The summed E-state index contributed by atoms with van der Waals surface area (Å²) in [6.45, 7) is 2.11. The topological polar surface area (TPSA) is 0 Å². The second-order valence-corrected chi connectivity index (χ2v) is 9.47. The molecular weight excluding hydrogens is 416 g/mol. The quantitative estimate of drug-likeness (QED) is 0.230. The molecule has 0 radical (unpaired) electrons. The first kappa shape index (κ1) is 21.2. The second-order valence-electron chi connectivity index (χ2n) is 8.39. The molecule has 0 bridgehead atoms. The Morgan fingerprint density at radius 3 is 1.58 bits per heavy atom. The highest BCUT2D eigenvalue weighted by atomic mass is 32.1. The molecule has 0 fully saturated rings. The molecule has 0 spiro atoms. The first-order chi connectivity index (χ1) is 16.2. The smallest absolute Gasteiger partial charge is 0.0349 e.